The predicted molar refractivity (Wildman–Crippen MR) is 132 cm³/mol. The number of amides is 1. The summed E-state index contributed by atoms with van der Waals surface area (Å²) in [6, 6.07) is 9.88. The Kier molecular flexibility index (Phi) is 5.95. The van der Waals surface area contributed by atoms with Crippen molar-refractivity contribution in [1.29, 1.82) is 5.26 Å². The van der Waals surface area contributed by atoms with Crippen molar-refractivity contribution >= 4 is 29.0 Å². The molecule has 3 aromatic rings. The van der Waals surface area contributed by atoms with E-state index in [0.717, 1.165) is 54.1 Å². The molecule has 2 aliphatic rings. The maximum Gasteiger partial charge on any atom is 0.255 e. The van der Waals surface area contributed by atoms with Gasteiger partial charge in [0.15, 0.2) is 5.65 Å². The van der Waals surface area contributed by atoms with Crippen LogP contribution in [0.25, 0.3) is 5.65 Å². The van der Waals surface area contributed by atoms with Gasteiger partial charge in [-0.05, 0) is 51.2 Å². The number of halogens is 1. The number of hydrogen-bond acceptors (Lipinski definition) is 5. The molecule has 8 heteroatoms. The van der Waals surface area contributed by atoms with Crippen LogP contribution in [0.2, 0.25) is 5.02 Å². The second kappa shape index (κ2) is 8.92. The van der Waals surface area contributed by atoms with Gasteiger partial charge in [0.05, 0.1) is 34.3 Å². The highest BCUT2D eigenvalue weighted by Gasteiger charge is 2.33. The first-order valence-electron chi connectivity index (χ1n) is 11.9. The summed E-state index contributed by atoms with van der Waals surface area (Å²) in [6.07, 6.45) is 4.87. The van der Waals surface area contributed by atoms with Crippen LogP contribution in [0.1, 0.15) is 59.4 Å². The van der Waals surface area contributed by atoms with Crippen LogP contribution in [-0.4, -0.2) is 45.0 Å². The Morgan fingerprint density at radius 2 is 2.03 bits per heavy atom. The van der Waals surface area contributed by atoms with Crippen LogP contribution in [0.4, 0.5) is 5.82 Å². The number of piperidine rings is 1. The quantitative estimate of drug-likeness (QED) is 0.533. The first kappa shape index (κ1) is 22.7. The molecule has 0 saturated carbocycles. The lowest BCUT2D eigenvalue weighted by atomic mass is 9.98. The van der Waals surface area contributed by atoms with Gasteiger partial charge in [-0.2, -0.15) is 10.4 Å². The number of aromatic nitrogens is 3. The van der Waals surface area contributed by atoms with Crippen molar-refractivity contribution in [2.45, 2.75) is 46.1 Å². The average molecular weight is 477 g/mol. The van der Waals surface area contributed by atoms with Crippen molar-refractivity contribution < 1.29 is 4.79 Å². The zero-order chi connectivity index (χ0) is 24.0. The Morgan fingerprint density at radius 3 is 2.79 bits per heavy atom. The first-order chi connectivity index (χ1) is 16.4. The monoisotopic (exact) mass is 476 g/mol. The number of anilines is 1. The van der Waals surface area contributed by atoms with Gasteiger partial charge in [-0.1, -0.05) is 30.2 Å². The molecule has 0 bridgehead atoms. The number of nitriles is 1. The summed E-state index contributed by atoms with van der Waals surface area (Å²) in [4.78, 5) is 22.5. The van der Waals surface area contributed by atoms with E-state index in [1.54, 1.807) is 6.07 Å². The van der Waals surface area contributed by atoms with E-state index in [1.165, 1.54) is 0 Å². The summed E-state index contributed by atoms with van der Waals surface area (Å²) in [5, 5.41) is 14.7. The van der Waals surface area contributed by atoms with Gasteiger partial charge in [-0.25, -0.2) is 9.50 Å². The number of likely N-dealkylation sites (tertiary alicyclic amines) is 1. The number of hydrogen-bond donors (Lipinski definition) is 0. The average Bonchev–Trinajstić information content (AvgIpc) is 3.42. The molecular formula is C26H29ClN6O. The van der Waals surface area contributed by atoms with E-state index in [4.69, 9.17) is 21.7 Å². The summed E-state index contributed by atoms with van der Waals surface area (Å²) in [6.45, 7) is 8.32. The summed E-state index contributed by atoms with van der Waals surface area (Å²) in [5.41, 5.74) is 4.19. The number of carbonyl (C=O) groups excluding carboxylic acids is 1. The Balaban J connectivity index is 1.47. The number of nitrogens with zero attached hydrogens (tertiary/aromatic N) is 6. The molecule has 0 aliphatic carbocycles. The standard InChI is InChI=1S/C26H29ClN6O/c1-16-7-8-21(27)20(10-16)26(34)32-9-5-4-6-23(32)22-11-24-29-25(18(3)14-33(24)30-22)31-13-17(2)19(12-28)15-31/h7-8,10-11,14,17,19,23H,4-6,9,13,15H2,1-3H3/t17-,19+,23-/m0/s1. The van der Waals surface area contributed by atoms with E-state index >= 15 is 0 Å². The first-order valence-corrected chi connectivity index (χ1v) is 12.3. The molecular weight excluding hydrogens is 448 g/mol. The molecule has 0 unspecified atom stereocenters. The van der Waals surface area contributed by atoms with Crippen molar-refractivity contribution in [3.05, 3.63) is 57.9 Å². The zero-order valence-corrected chi connectivity index (χ0v) is 20.6. The Morgan fingerprint density at radius 1 is 1.21 bits per heavy atom. The minimum absolute atomic E-state index is 0.0214. The molecule has 1 aromatic carbocycles. The van der Waals surface area contributed by atoms with Crippen molar-refractivity contribution in [2.24, 2.45) is 11.8 Å². The summed E-state index contributed by atoms with van der Waals surface area (Å²) in [7, 11) is 0. The molecule has 3 atom stereocenters. The fourth-order valence-electron chi connectivity index (χ4n) is 5.25. The molecule has 4 heterocycles. The molecule has 0 spiro atoms. The SMILES string of the molecule is Cc1ccc(Cl)c(C(=O)N2CCCC[C@H]2c2cc3nc(N4C[C@@H](C#N)[C@@H](C)C4)c(C)cn3n2)c1. The molecule has 2 fully saturated rings. The minimum Gasteiger partial charge on any atom is -0.355 e. The molecule has 2 aliphatic heterocycles. The molecule has 0 radical (unpaired) electrons. The summed E-state index contributed by atoms with van der Waals surface area (Å²) >= 11 is 6.39. The van der Waals surface area contributed by atoms with Crippen LogP contribution >= 0.6 is 11.6 Å². The number of benzene rings is 1. The van der Waals surface area contributed by atoms with Gasteiger partial charge in [-0.3, -0.25) is 4.79 Å². The molecule has 1 amide bonds. The lowest BCUT2D eigenvalue weighted by molar-refractivity contribution is 0.0606. The normalized spacial score (nSPS) is 22.9. The van der Waals surface area contributed by atoms with Crippen LogP contribution in [-0.2, 0) is 0 Å². The predicted octanol–water partition coefficient (Wildman–Crippen LogP) is 4.96. The lowest BCUT2D eigenvalue weighted by Gasteiger charge is -2.35. The van der Waals surface area contributed by atoms with Crippen LogP contribution in [0.3, 0.4) is 0 Å². The molecule has 34 heavy (non-hydrogen) atoms. The van der Waals surface area contributed by atoms with Crippen molar-refractivity contribution in [3.63, 3.8) is 0 Å². The third-order valence-electron chi connectivity index (χ3n) is 7.16. The molecule has 0 N–H and O–H groups in total. The van der Waals surface area contributed by atoms with Gasteiger partial charge in [0, 0.05) is 37.5 Å². The fourth-order valence-corrected chi connectivity index (χ4v) is 5.45. The van der Waals surface area contributed by atoms with Crippen molar-refractivity contribution in [3.8, 4) is 6.07 Å². The van der Waals surface area contributed by atoms with E-state index in [0.29, 0.717) is 29.6 Å². The van der Waals surface area contributed by atoms with Gasteiger partial charge in [0.2, 0.25) is 0 Å². The van der Waals surface area contributed by atoms with Gasteiger partial charge >= 0.3 is 0 Å². The lowest BCUT2D eigenvalue weighted by Crippen LogP contribution is -2.38. The van der Waals surface area contributed by atoms with Gasteiger partial charge in [-0.15, -0.1) is 0 Å². The van der Waals surface area contributed by atoms with E-state index in [-0.39, 0.29) is 17.9 Å². The van der Waals surface area contributed by atoms with Crippen molar-refractivity contribution in [2.75, 3.05) is 24.5 Å². The number of aryl methyl sites for hydroxylation is 2. The van der Waals surface area contributed by atoms with E-state index in [1.807, 2.05) is 47.7 Å². The second-order valence-electron chi connectivity index (χ2n) is 9.73. The highest BCUT2D eigenvalue weighted by molar-refractivity contribution is 6.33. The van der Waals surface area contributed by atoms with Crippen LogP contribution in [0.5, 0.6) is 0 Å². The molecule has 2 saturated heterocycles. The van der Waals surface area contributed by atoms with Crippen LogP contribution in [0, 0.1) is 37.0 Å². The third-order valence-corrected chi connectivity index (χ3v) is 7.49. The summed E-state index contributed by atoms with van der Waals surface area (Å²) < 4.78 is 1.81. The zero-order valence-electron chi connectivity index (χ0n) is 19.8. The van der Waals surface area contributed by atoms with Gasteiger partial charge in [0.1, 0.15) is 5.82 Å². The van der Waals surface area contributed by atoms with Crippen LogP contribution < -0.4 is 4.90 Å². The van der Waals surface area contributed by atoms with E-state index in [2.05, 4.69) is 17.9 Å². The number of fused-ring (bicyclic) bond motifs is 1. The Labute approximate surface area is 204 Å². The smallest absolute Gasteiger partial charge is 0.255 e. The largest absolute Gasteiger partial charge is 0.355 e. The fraction of sp³-hybridized carbons (Fsp3) is 0.462. The highest BCUT2D eigenvalue weighted by atomic mass is 35.5. The molecule has 176 valence electrons. The van der Waals surface area contributed by atoms with Gasteiger partial charge in [0.25, 0.3) is 5.91 Å². The van der Waals surface area contributed by atoms with E-state index in [9.17, 15) is 10.1 Å². The number of rotatable bonds is 3. The third kappa shape index (κ3) is 4.01. The van der Waals surface area contributed by atoms with Crippen molar-refractivity contribution in [1.82, 2.24) is 19.5 Å². The summed E-state index contributed by atoms with van der Waals surface area (Å²) in [5.74, 6) is 1.20. The molecule has 7 nitrogen and oxygen atoms in total. The highest BCUT2D eigenvalue weighted by Crippen LogP contribution is 2.34. The Bertz CT molecular complexity index is 1290. The maximum atomic E-state index is 13.5. The number of carbonyl (C=O) groups is 1. The van der Waals surface area contributed by atoms with E-state index < -0.39 is 0 Å². The maximum absolute atomic E-state index is 13.5. The van der Waals surface area contributed by atoms with Crippen LogP contribution in [0.15, 0.2) is 30.5 Å². The Hall–Kier alpha value is -3.11. The molecule has 5 rings (SSSR count). The molecule has 2 aromatic heterocycles. The topological polar surface area (TPSA) is 77.5 Å². The second-order valence-corrected chi connectivity index (χ2v) is 10.1. The van der Waals surface area contributed by atoms with Gasteiger partial charge < -0.3 is 9.80 Å². The minimum atomic E-state index is -0.113.